The van der Waals surface area contributed by atoms with Crippen LogP contribution in [0.3, 0.4) is 0 Å². The quantitative estimate of drug-likeness (QED) is 0.436. The lowest BCUT2D eigenvalue weighted by atomic mass is 9.92. The first-order valence-electron chi connectivity index (χ1n) is 9.20. The molecule has 0 unspecified atom stereocenters. The van der Waals surface area contributed by atoms with Crippen LogP contribution in [0.2, 0.25) is 0 Å². The lowest BCUT2D eigenvalue weighted by molar-refractivity contribution is 0.102. The van der Waals surface area contributed by atoms with Gasteiger partial charge in [0.1, 0.15) is 11.5 Å². The van der Waals surface area contributed by atoms with Gasteiger partial charge in [0, 0.05) is 22.8 Å². The molecule has 0 fully saturated rings. The van der Waals surface area contributed by atoms with E-state index >= 15 is 0 Å². The van der Waals surface area contributed by atoms with Crippen LogP contribution in [-0.2, 0) is 0 Å². The number of fused-ring (bicyclic) bond motifs is 1. The van der Waals surface area contributed by atoms with E-state index in [4.69, 9.17) is 24.7 Å². The number of carbonyl (C=O) groups is 1. The number of ether oxygens (including phenoxy) is 4. The highest BCUT2D eigenvalue weighted by Crippen LogP contribution is 2.39. The van der Waals surface area contributed by atoms with Gasteiger partial charge in [-0.2, -0.15) is 0 Å². The molecule has 0 aliphatic carbocycles. The van der Waals surface area contributed by atoms with E-state index in [0.717, 1.165) is 5.56 Å². The fourth-order valence-electron chi connectivity index (χ4n) is 3.01. The van der Waals surface area contributed by atoms with Crippen molar-refractivity contribution < 1.29 is 23.7 Å². The first kappa shape index (κ1) is 19.6. The minimum absolute atomic E-state index is 0.00396. The lowest BCUT2D eigenvalue weighted by Gasteiger charge is -2.14. The number of hydrogen-bond donors (Lipinski definition) is 1. The van der Waals surface area contributed by atoms with Crippen molar-refractivity contribution in [1.29, 1.82) is 0 Å². The third-order valence-corrected chi connectivity index (χ3v) is 4.50. The fourth-order valence-corrected chi connectivity index (χ4v) is 3.01. The largest absolute Gasteiger partial charge is 0.496 e. The number of allylic oxidation sites excluding steroid dienone is 1. The minimum Gasteiger partial charge on any atom is -0.496 e. The summed E-state index contributed by atoms with van der Waals surface area (Å²) in [6.07, 6.45) is 1.84. The van der Waals surface area contributed by atoms with Crippen LogP contribution in [0.25, 0.3) is 6.08 Å². The summed E-state index contributed by atoms with van der Waals surface area (Å²) in [7, 11) is 1.58. The second-order valence-electron chi connectivity index (χ2n) is 6.72. The summed E-state index contributed by atoms with van der Waals surface area (Å²) < 4.78 is 21.9. The molecule has 0 aromatic heterocycles. The highest BCUT2D eigenvalue weighted by Gasteiger charge is 2.21. The van der Waals surface area contributed by atoms with Crippen LogP contribution >= 0.6 is 0 Å². The SMILES string of the molecule is CCOc1cc(C(=O)C(=Cc2cc3c(cc2OC)OCO3)C(C)C)ccc1N. The van der Waals surface area contributed by atoms with Crippen molar-refractivity contribution in [2.24, 2.45) is 5.92 Å². The normalized spacial score (nSPS) is 13.0. The smallest absolute Gasteiger partial charge is 0.231 e. The van der Waals surface area contributed by atoms with E-state index < -0.39 is 0 Å². The molecular formula is C22H25NO5. The molecule has 1 aliphatic rings. The van der Waals surface area contributed by atoms with E-state index in [9.17, 15) is 4.79 Å². The van der Waals surface area contributed by atoms with Crippen LogP contribution in [0.5, 0.6) is 23.0 Å². The zero-order valence-corrected chi connectivity index (χ0v) is 16.6. The summed E-state index contributed by atoms with van der Waals surface area (Å²) in [5, 5.41) is 0. The Hall–Kier alpha value is -3.15. The van der Waals surface area contributed by atoms with Crippen LogP contribution < -0.4 is 24.7 Å². The van der Waals surface area contributed by atoms with Gasteiger partial charge in [-0.15, -0.1) is 0 Å². The summed E-state index contributed by atoms with van der Waals surface area (Å²) in [6, 6.07) is 8.69. The van der Waals surface area contributed by atoms with E-state index in [1.807, 2.05) is 32.9 Å². The first-order chi connectivity index (χ1) is 13.4. The highest BCUT2D eigenvalue weighted by atomic mass is 16.7. The Labute approximate surface area is 164 Å². The molecule has 0 amide bonds. The summed E-state index contributed by atoms with van der Waals surface area (Å²) in [4.78, 5) is 13.2. The van der Waals surface area contributed by atoms with Crippen LogP contribution in [-0.4, -0.2) is 26.3 Å². The maximum atomic E-state index is 13.2. The van der Waals surface area contributed by atoms with Crippen molar-refractivity contribution in [3.8, 4) is 23.0 Å². The molecule has 6 nitrogen and oxygen atoms in total. The molecule has 2 aromatic rings. The third-order valence-electron chi connectivity index (χ3n) is 4.50. The fraction of sp³-hybridized carbons (Fsp3) is 0.318. The zero-order valence-electron chi connectivity index (χ0n) is 16.6. The van der Waals surface area contributed by atoms with Crippen molar-refractivity contribution in [2.75, 3.05) is 26.2 Å². The van der Waals surface area contributed by atoms with Crippen LogP contribution in [0.4, 0.5) is 5.69 Å². The van der Waals surface area contributed by atoms with E-state index in [-0.39, 0.29) is 18.5 Å². The Morgan fingerprint density at radius 3 is 2.54 bits per heavy atom. The first-order valence-corrected chi connectivity index (χ1v) is 9.20. The van der Waals surface area contributed by atoms with Gasteiger partial charge in [-0.05, 0) is 43.2 Å². The average Bonchev–Trinajstić information content (AvgIpc) is 3.13. The van der Waals surface area contributed by atoms with Crippen LogP contribution in [0.1, 0.15) is 36.7 Å². The molecule has 0 spiro atoms. The second kappa shape index (κ2) is 8.25. The number of nitrogen functional groups attached to an aromatic ring is 1. The molecule has 2 N–H and O–H groups in total. The zero-order chi connectivity index (χ0) is 20.3. The van der Waals surface area contributed by atoms with Crippen molar-refractivity contribution in [1.82, 2.24) is 0 Å². The Kier molecular flexibility index (Phi) is 5.78. The average molecular weight is 383 g/mol. The summed E-state index contributed by atoms with van der Waals surface area (Å²) >= 11 is 0. The molecule has 148 valence electrons. The van der Waals surface area contributed by atoms with Crippen molar-refractivity contribution in [3.05, 3.63) is 47.0 Å². The highest BCUT2D eigenvalue weighted by molar-refractivity contribution is 6.12. The number of benzene rings is 2. The molecular weight excluding hydrogens is 358 g/mol. The molecule has 0 saturated carbocycles. The van der Waals surface area contributed by atoms with E-state index in [0.29, 0.717) is 46.4 Å². The van der Waals surface area contributed by atoms with Gasteiger partial charge in [0.2, 0.25) is 6.79 Å². The standard InChI is InChI=1S/C22H25NO5/c1-5-26-19-9-14(6-7-17(19)23)22(24)16(13(2)3)8-15-10-20-21(28-12-27-20)11-18(15)25-4/h6-11,13H,5,12,23H2,1-4H3. The maximum absolute atomic E-state index is 13.2. The molecule has 1 heterocycles. The number of nitrogens with two attached hydrogens (primary N) is 1. The van der Waals surface area contributed by atoms with E-state index in [2.05, 4.69) is 0 Å². The molecule has 0 atom stereocenters. The number of methoxy groups -OCH3 is 1. The Bertz CT molecular complexity index is 917. The van der Waals surface area contributed by atoms with Gasteiger partial charge in [0.25, 0.3) is 0 Å². The Morgan fingerprint density at radius 1 is 1.18 bits per heavy atom. The minimum atomic E-state index is -0.0873. The van der Waals surface area contributed by atoms with Gasteiger partial charge in [0.05, 0.1) is 19.4 Å². The van der Waals surface area contributed by atoms with Gasteiger partial charge in [-0.25, -0.2) is 0 Å². The van der Waals surface area contributed by atoms with Crippen LogP contribution in [0, 0.1) is 5.92 Å². The number of carbonyl (C=O) groups excluding carboxylic acids is 1. The van der Waals surface area contributed by atoms with Gasteiger partial charge in [-0.1, -0.05) is 13.8 Å². The Morgan fingerprint density at radius 2 is 1.89 bits per heavy atom. The topological polar surface area (TPSA) is 80.0 Å². The summed E-state index contributed by atoms with van der Waals surface area (Å²) in [6.45, 7) is 6.48. The number of anilines is 1. The van der Waals surface area contributed by atoms with Gasteiger partial charge in [-0.3, -0.25) is 4.79 Å². The molecule has 28 heavy (non-hydrogen) atoms. The van der Waals surface area contributed by atoms with Gasteiger partial charge in [0.15, 0.2) is 17.3 Å². The predicted octanol–water partition coefficient (Wildman–Crippen LogP) is 4.33. The summed E-state index contributed by atoms with van der Waals surface area (Å²) in [5.74, 6) is 2.30. The molecule has 6 heteroatoms. The number of hydrogen-bond acceptors (Lipinski definition) is 6. The lowest BCUT2D eigenvalue weighted by Crippen LogP contribution is -2.10. The summed E-state index contributed by atoms with van der Waals surface area (Å²) in [5.41, 5.74) is 8.36. The molecule has 0 bridgehead atoms. The van der Waals surface area contributed by atoms with Crippen molar-refractivity contribution in [2.45, 2.75) is 20.8 Å². The number of ketones is 1. The van der Waals surface area contributed by atoms with Gasteiger partial charge >= 0.3 is 0 Å². The van der Waals surface area contributed by atoms with Crippen molar-refractivity contribution >= 4 is 17.5 Å². The van der Waals surface area contributed by atoms with Gasteiger partial charge < -0.3 is 24.7 Å². The number of rotatable bonds is 7. The third kappa shape index (κ3) is 3.91. The predicted molar refractivity (Wildman–Crippen MR) is 108 cm³/mol. The molecule has 2 aromatic carbocycles. The monoisotopic (exact) mass is 383 g/mol. The number of Topliss-reactive ketones (excluding diaryl/α,β-unsaturated/α-hetero) is 1. The van der Waals surface area contributed by atoms with Crippen molar-refractivity contribution in [3.63, 3.8) is 0 Å². The van der Waals surface area contributed by atoms with Crippen LogP contribution in [0.15, 0.2) is 35.9 Å². The molecule has 1 aliphatic heterocycles. The molecule has 0 radical (unpaired) electrons. The second-order valence-corrected chi connectivity index (χ2v) is 6.72. The molecule has 0 saturated heterocycles. The van der Waals surface area contributed by atoms with E-state index in [1.165, 1.54) is 0 Å². The Balaban J connectivity index is 2.03. The van der Waals surface area contributed by atoms with E-state index in [1.54, 1.807) is 31.4 Å². The molecule has 3 rings (SSSR count). The maximum Gasteiger partial charge on any atom is 0.231 e.